The number of carbonyl (C=O) groups excluding carboxylic acids is 2. The van der Waals surface area contributed by atoms with E-state index in [1.54, 1.807) is 21.3 Å². The third kappa shape index (κ3) is 11.8. The molecule has 3 unspecified atom stereocenters. The quantitative estimate of drug-likeness (QED) is 0.0328. The molecule has 340 valence electrons. The van der Waals surface area contributed by atoms with Crippen LogP contribution in [0.4, 0.5) is 4.79 Å². The van der Waals surface area contributed by atoms with Gasteiger partial charge in [-0.25, -0.2) is 9.36 Å². The van der Waals surface area contributed by atoms with Crippen LogP contribution in [0.1, 0.15) is 66.3 Å². The van der Waals surface area contributed by atoms with Crippen LogP contribution in [0.3, 0.4) is 0 Å². The van der Waals surface area contributed by atoms with Crippen LogP contribution in [0, 0.1) is 0 Å². The van der Waals surface area contributed by atoms with Gasteiger partial charge in [0.1, 0.15) is 29.7 Å². The fourth-order valence-corrected chi connectivity index (χ4v) is 9.06. The number of benzene rings is 5. The Labute approximate surface area is 376 Å². The van der Waals surface area contributed by atoms with Crippen LogP contribution < -0.4 is 20.1 Å². The average molecular weight is 895 g/mol. The van der Waals surface area contributed by atoms with Crippen LogP contribution in [0.5, 0.6) is 11.5 Å². The Morgan fingerprint density at radius 2 is 1.25 bits per heavy atom. The lowest BCUT2D eigenvalue weighted by molar-refractivity contribution is -0.126. The molecule has 0 fully saturated rings. The van der Waals surface area contributed by atoms with E-state index < -0.39 is 37.6 Å². The summed E-state index contributed by atoms with van der Waals surface area (Å²) in [5.74, 6) is 0.686. The number of hydrogen-bond acceptors (Lipinski definition) is 11. The Balaban J connectivity index is 1.20. The number of alkyl carbamates (subject to hydrolysis) is 1. The maximum atomic E-state index is 14.2. The molecule has 0 saturated heterocycles. The van der Waals surface area contributed by atoms with Gasteiger partial charge in [-0.05, 0) is 88.9 Å². The first kappa shape index (κ1) is 47.9. The minimum absolute atomic E-state index is 0.0648. The number of hydrogen-bond donors (Lipinski definition) is 2. The van der Waals surface area contributed by atoms with Gasteiger partial charge in [-0.2, -0.15) is 0 Å². The fraction of sp³-hybridized carbons (Fsp3) is 0.360. The molecular formula is C50H59N2O11P. The predicted molar refractivity (Wildman–Crippen MR) is 245 cm³/mol. The number of methoxy groups -OCH3 is 3. The Bertz CT molecular complexity index is 2200. The zero-order valence-electron chi connectivity index (χ0n) is 37.2. The van der Waals surface area contributed by atoms with Gasteiger partial charge in [-0.1, -0.05) is 110 Å². The van der Waals surface area contributed by atoms with Crippen LogP contribution in [-0.2, 0) is 42.7 Å². The van der Waals surface area contributed by atoms with E-state index in [4.69, 9.17) is 37.3 Å². The summed E-state index contributed by atoms with van der Waals surface area (Å²) in [5, 5.41) is 5.82. The van der Waals surface area contributed by atoms with Crippen LogP contribution in [0.2, 0.25) is 0 Å². The summed E-state index contributed by atoms with van der Waals surface area (Å²) < 4.78 is 58.4. The Hall–Kier alpha value is -5.53. The highest BCUT2D eigenvalue weighted by molar-refractivity contribution is 7.48. The Morgan fingerprint density at radius 1 is 0.688 bits per heavy atom. The molecule has 1 aliphatic rings. The van der Waals surface area contributed by atoms with Crippen molar-refractivity contribution in [1.29, 1.82) is 0 Å². The minimum atomic E-state index is -3.77. The third-order valence-electron chi connectivity index (χ3n) is 11.3. The van der Waals surface area contributed by atoms with Gasteiger partial charge < -0.3 is 34.3 Å². The van der Waals surface area contributed by atoms with E-state index in [9.17, 15) is 14.2 Å². The molecule has 13 nitrogen and oxygen atoms in total. The molecule has 3 atom stereocenters. The second-order valence-corrected chi connectivity index (χ2v) is 17.0. The van der Waals surface area contributed by atoms with Crippen LogP contribution in [-0.4, -0.2) is 85.6 Å². The van der Waals surface area contributed by atoms with Crippen molar-refractivity contribution in [3.63, 3.8) is 0 Å². The molecule has 5 aromatic carbocycles. The normalized spacial score (nSPS) is 14.1. The number of carbonyl (C=O) groups is 2. The molecule has 0 aromatic heterocycles. The van der Waals surface area contributed by atoms with E-state index in [0.29, 0.717) is 37.2 Å². The van der Waals surface area contributed by atoms with E-state index in [-0.39, 0.29) is 38.9 Å². The number of phosphoric ester groups is 1. The number of amides is 2. The van der Waals surface area contributed by atoms with Gasteiger partial charge in [0, 0.05) is 26.7 Å². The minimum Gasteiger partial charge on any atom is -0.497 e. The van der Waals surface area contributed by atoms with Gasteiger partial charge in [-0.3, -0.25) is 18.4 Å². The monoisotopic (exact) mass is 894 g/mol. The first-order chi connectivity index (χ1) is 31.2. The molecule has 2 amide bonds. The van der Waals surface area contributed by atoms with Gasteiger partial charge >= 0.3 is 13.9 Å². The molecule has 0 heterocycles. The molecule has 0 bridgehead atoms. The summed E-state index contributed by atoms with van der Waals surface area (Å²) in [4.78, 5) is 28.0. The van der Waals surface area contributed by atoms with Gasteiger partial charge in [0.25, 0.3) is 0 Å². The molecule has 14 heteroatoms. The average Bonchev–Trinajstić information content (AvgIpc) is 3.66. The largest absolute Gasteiger partial charge is 0.497 e. The van der Waals surface area contributed by atoms with Crippen molar-refractivity contribution >= 4 is 19.8 Å². The summed E-state index contributed by atoms with van der Waals surface area (Å²) in [6.07, 6.45) is 1.10. The highest BCUT2D eigenvalue weighted by Gasteiger charge is 2.40. The number of unbranched alkanes of at least 4 members (excludes halogenated alkanes) is 2. The molecular weight excluding hydrogens is 836 g/mol. The van der Waals surface area contributed by atoms with E-state index in [1.165, 1.54) is 7.11 Å². The van der Waals surface area contributed by atoms with E-state index in [0.717, 1.165) is 38.9 Å². The lowest BCUT2D eigenvalue weighted by atomic mass is 9.80. The summed E-state index contributed by atoms with van der Waals surface area (Å²) in [7, 11) is 2.26. The van der Waals surface area contributed by atoms with Crippen molar-refractivity contribution in [3.8, 4) is 22.6 Å². The standard InChI is InChI=1S/C50H59N2O11P/c1-6-39(33-56-2)63-64(55,59-5)62-32-16-8-15-31-51-48(53)47(52-49(54)60-34-46-44-21-13-11-19-42(44)43-20-12-14-22-45(43)46)35-61-50(36-17-9-7-10-18-36,37-23-27-40(57-3)28-24-37)38-25-29-41(58-4)30-26-38/h7,9-14,17-30,39,46-47H,6,8,15-16,31-35H2,1-5H3,(H,51,53)(H,52,54). The van der Waals surface area contributed by atoms with Crippen molar-refractivity contribution in [2.75, 3.05) is 61.4 Å². The Morgan fingerprint density at radius 3 is 1.80 bits per heavy atom. The lowest BCUT2D eigenvalue weighted by Crippen LogP contribution is -2.51. The molecule has 5 aromatic rings. The highest BCUT2D eigenvalue weighted by Crippen LogP contribution is 2.50. The molecule has 0 radical (unpaired) electrons. The second kappa shape index (κ2) is 23.4. The first-order valence-electron chi connectivity index (χ1n) is 21.5. The summed E-state index contributed by atoms with van der Waals surface area (Å²) >= 11 is 0. The molecule has 2 N–H and O–H groups in total. The molecule has 64 heavy (non-hydrogen) atoms. The SMILES string of the molecule is CCC(COC)OP(=O)(OC)OCCCCCNC(=O)C(COC(c1ccccc1)(c1ccc(OC)cc1)c1ccc(OC)cc1)NC(=O)OCC1c2ccccc2-c2ccccc21. The van der Waals surface area contributed by atoms with Gasteiger partial charge in [0.2, 0.25) is 5.91 Å². The molecule has 0 saturated carbocycles. The lowest BCUT2D eigenvalue weighted by Gasteiger charge is -2.37. The zero-order chi connectivity index (χ0) is 45.4. The van der Waals surface area contributed by atoms with Crippen molar-refractivity contribution in [2.24, 2.45) is 0 Å². The van der Waals surface area contributed by atoms with Crippen LogP contribution >= 0.6 is 7.82 Å². The second-order valence-electron chi connectivity index (χ2n) is 15.2. The molecule has 0 spiro atoms. The summed E-state index contributed by atoms with van der Waals surface area (Å²) in [6.45, 7) is 2.38. The van der Waals surface area contributed by atoms with Crippen LogP contribution in [0.25, 0.3) is 11.1 Å². The van der Waals surface area contributed by atoms with Gasteiger partial charge in [0.05, 0.1) is 40.1 Å². The van der Waals surface area contributed by atoms with Gasteiger partial charge in [-0.15, -0.1) is 0 Å². The predicted octanol–water partition coefficient (Wildman–Crippen LogP) is 9.42. The van der Waals surface area contributed by atoms with Crippen molar-refractivity contribution in [2.45, 2.75) is 56.3 Å². The summed E-state index contributed by atoms with van der Waals surface area (Å²) in [5.41, 5.74) is 5.41. The number of nitrogens with one attached hydrogen (secondary N) is 2. The Kier molecular flexibility index (Phi) is 17.5. The smallest absolute Gasteiger partial charge is 0.474 e. The molecule has 6 rings (SSSR count). The van der Waals surface area contributed by atoms with Crippen molar-refractivity contribution < 1.29 is 51.4 Å². The summed E-state index contributed by atoms with van der Waals surface area (Å²) in [6, 6.07) is 39.8. The topological polar surface area (TPSA) is 149 Å². The van der Waals surface area contributed by atoms with Gasteiger partial charge in [0.15, 0.2) is 0 Å². The maximum absolute atomic E-state index is 14.2. The highest BCUT2D eigenvalue weighted by atomic mass is 31.2. The zero-order valence-corrected chi connectivity index (χ0v) is 38.1. The number of rotatable bonds is 25. The number of fused-ring (bicyclic) bond motifs is 3. The number of ether oxygens (including phenoxy) is 5. The maximum Gasteiger partial charge on any atom is 0.474 e. The van der Waals surface area contributed by atoms with Crippen LogP contribution in [0.15, 0.2) is 127 Å². The number of phosphoric acid groups is 1. The molecule has 1 aliphatic carbocycles. The fourth-order valence-electron chi connectivity index (χ4n) is 7.88. The van der Waals surface area contributed by atoms with E-state index >= 15 is 0 Å². The van der Waals surface area contributed by atoms with E-state index in [1.807, 2.05) is 122 Å². The van der Waals surface area contributed by atoms with Crippen molar-refractivity contribution in [1.82, 2.24) is 10.6 Å². The first-order valence-corrected chi connectivity index (χ1v) is 23.0. The third-order valence-corrected chi connectivity index (χ3v) is 12.8. The van der Waals surface area contributed by atoms with E-state index in [2.05, 4.69) is 22.8 Å². The molecule has 0 aliphatic heterocycles. The van der Waals surface area contributed by atoms with Crippen molar-refractivity contribution in [3.05, 3.63) is 155 Å².